The van der Waals surface area contributed by atoms with Crippen molar-refractivity contribution in [3.63, 3.8) is 0 Å². The van der Waals surface area contributed by atoms with Crippen molar-refractivity contribution in [3.8, 4) is 0 Å². The Kier molecular flexibility index (Phi) is 10.4. The Bertz CT molecular complexity index is 451. The molecule has 1 atom stereocenters. The van der Waals surface area contributed by atoms with Crippen LogP contribution in [-0.4, -0.2) is 66.3 Å². The van der Waals surface area contributed by atoms with Gasteiger partial charge >= 0.3 is 0 Å². The van der Waals surface area contributed by atoms with Crippen molar-refractivity contribution in [1.82, 2.24) is 0 Å². The number of rotatable bonds is 13. The second kappa shape index (κ2) is 11.1. The van der Waals surface area contributed by atoms with E-state index in [2.05, 4.69) is 0 Å². The third-order valence-corrected chi connectivity index (χ3v) is 3.41. The number of allylic oxidation sites excluding steroid dienone is 3. The van der Waals surface area contributed by atoms with Gasteiger partial charge in [-0.15, -0.1) is 0 Å². The summed E-state index contributed by atoms with van der Waals surface area (Å²) in [5.41, 5.74) is -1.97. The van der Waals surface area contributed by atoms with E-state index >= 15 is 0 Å². The maximum absolute atomic E-state index is 12.2. The van der Waals surface area contributed by atoms with Crippen molar-refractivity contribution in [3.05, 3.63) is 24.3 Å². The SMILES string of the molecule is C[N+](C)(C)CC(O)(CC(=O)[O-])C(=O)C=CC=CCCCCCCO. The lowest BCUT2D eigenvalue weighted by atomic mass is 9.92. The molecule has 0 heterocycles. The molecular weight excluding hydrogens is 310 g/mol. The minimum atomic E-state index is -1.97. The van der Waals surface area contributed by atoms with E-state index in [1.54, 1.807) is 27.2 Å². The summed E-state index contributed by atoms with van der Waals surface area (Å²) in [6, 6.07) is 0. The van der Waals surface area contributed by atoms with Gasteiger partial charge in [0.05, 0.1) is 21.1 Å². The number of carbonyl (C=O) groups excluding carboxylic acids is 2. The highest BCUT2D eigenvalue weighted by molar-refractivity contribution is 5.99. The number of carboxylic acid groups (broad SMARTS) is 1. The van der Waals surface area contributed by atoms with E-state index in [4.69, 9.17) is 5.11 Å². The van der Waals surface area contributed by atoms with E-state index in [0.29, 0.717) is 0 Å². The largest absolute Gasteiger partial charge is 0.550 e. The van der Waals surface area contributed by atoms with Crippen molar-refractivity contribution in [1.29, 1.82) is 0 Å². The summed E-state index contributed by atoms with van der Waals surface area (Å²) in [5, 5.41) is 29.9. The van der Waals surface area contributed by atoms with Gasteiger partial charge in [-0.05, 0) is 25.3 Å². The highest BCUT2D eigenvalue weighted by Gasteiger charge is 2.39. The van der Waals surface area contributed by atoms with Gasteiger partial charge in [-0.2, -0.15) is 0 Å². The van der Waals surface area contributed by atoms with Gasteiger partial charge in [0.25, 0.3) is 0 Å². The average Bonchev–Trinajstić information content (AvgIpc) is 2.42. The normalized spacial score (nSPS) is 15.0. The molecule has 0 aromatic heterocycles. The third kappa shape index (κ3) is 11.1. The van der Waals surface area contributed by atoms with Crippen molar-refractivity contribution in [2.45, 2.75) is 44.1 Å². The molecule has 0 amide bonds. The standard InChI is InChI=1S/C18H31NO5/c1-19(2,3)15-18(24,14-17(22)23)16(21)12-10-8-6-4-5-7-9-11-13-20/h6,8,10,12,20,24H,4-5,7,9,11,13-15H2,1-3H3. The first-order valence-electron chi connectivity index (χ1n) is 8.32. The van der Waals surface area contributed by atoms with Gasteiger partial charge in [-0.25, -0.2) is 0 Å². The summed E-state index contributed by atoms with van der Waals surface area (Å²) in [6.07, 6.45) is 10.4. The summed E-state index contributed by atoms with van der Waals surface area (Å²) in [7, 11) is 5.32. The highest BCUT2D eigenvalue weighted by Crippen LogP contribution is 2.16. The van der Waals surface area contributed by atoms with Crippen LogP contribution in [0.2, 0.25) is 0 Å². The zero-order valence-electron chi connectivity index (χ0n) is 15.0. The van der Waals surface area contributed by atoms with Crippen LogP contribution in [0.5, 0.6) is 0 Å². The minimum Gasteiger partial charge on any atom is -0.550 e. The molecule has 0 saturated carbocycles. The molecule has 0 saturated heterocycles. The molecule has 1 unspecified atom stereocenters. The number of aliphatic hydroxyl groups is 2. The zero-order valence-corrected chi connectivity index (χ0v) is 15.0. The maximum atomic E-state index is 12.2. The predicted molar refractivity (Wildman–Crippen MR) is 90.9 cm³/mol. The smallest absolute Gasteiger partial charge is 0.193 e. The quantitative estimate of drug-likeness (QED) is 0.216. The number of unbranched alkanes of at least 4 members (excludes halogenated alkanes) is 4. The van der Waals surface area contributed by atoms with E-state index in [0.717, 1.165) is 32.1 Å². The molecule has 2 N–H and O–H groups in total. The van der Waals surface area contributed by atoms with Gasteiger partial charge < -0.3 is 24.6 Å². The van der Waals surface area contributed by atoms with Gasteiger partial charge in [-0.3, -0.25) is 4.79 Å². The number of nitrogens with zero attached hydrogens (tertiary/aromatic N) is 1. The van der Waals surface area contributed by atoms with Crippen LogP contribution in [0.15, 0.2) is 24.3 Å². The van der Waals surface area contributed by atoms with Crippen LogP contribution in [0, 0.1) is 0 Å². The summed E-state index contributed by atoms with van der Waals surface area (Å²) in [6.45, 7) is 0.210. The van der Waals surface area contributed by atoms with Crippen LogP contribution in [0.1, 0.15) is 38.5 Å². The van der Waals surface area contributed by atoms with Crippen LogP contribution in [0.3, 0.4) is 0 Å². The van der Waals surface area contributed by atoms with Crippen molar-refractivity contribution in [2.24, 2.45) is 0 Å². The lowest BCUT2D eigenvalue weighted by molar-refractivity contribution is -0.875. The Morgan fingerprint density at radius 1 is 1.08 bits per heavy atom. The fourth-order valence-corrected chi connectivity index (χ4v) is 2.44. The number of quaternary nitrogens is 1. The molecule has 0 radical (unpaired) electrons. The van der Waals surface area contributed by atoms with Gasteiger partial charge in [0, 0.05) is 19.0 Å². The van der Waals surface area contributed by atoms with Crippen LogP contribution >= 0.6 is 0 Å². The molecule has 0 bridgehead atoms. The number of ketones is 1. The molecule has 138 valence electrons. The number of hydrogen-bond donors (Lipinski definition) is 2. The highest BCUT2D eigenvalue weighted by atomic mass is 16.4. The van der Waals surface area contributed by atoms with Crippen LogP contribution < -0.4 is 5.11 Å². The fraction of sp³-hybridized carbons (Fsp3) is 0.667. The van der Waals surface area contributed by atoms with Crippen LogP contribution in [0.25, 0.3) is 0 Å². The molecule has 24 heavy (non-hydrogen) atoms. The maximum Gasteiger partial charge on any atom is 0.193 e. The molecule has 6 heteroatoms. The van der Waals surface area contributed by atoms with E-state index in [1.807, 2.05) is 6.08 Å². The summed E-state index contributed by atoms with van der Waals surface area (Å²) in [4.78, 5) is 23.0. The van der Waals surface area contributed by atoms with Crippen LogP contribution in [0.4, 0.5) is 0 Å². The molecule has 0 aliphatic heterocycles. The molecule has 0 rings (SSSR count). The Labute approximate surface area is 144 Å². The molecule has 0 spiro atoms. The number of hydrogen-bond acceptors (Lipinski definition) is 5. The van der Waals surface area contributed by atoms with Gasteiger partial charge in [-0.1, -0.05) is 31.1 Å². The van der Waals surface area contributed by atoms with Gasteiger partial charge in [0.15, 0.2) is 11.4 Å². The summed E-state index contributed by atoms with van der Waals surface area (Å²) < 4.78 is 0.257. The predicted octanol–water partition coefficient (Wildman–Crippen LogP) is 0.188. The van der Waals surface area contributed by atoms with E-state index in [1.165, 1.54) is 12.2 Å². The van der Waals surface area contributed by atoms with Crippen molar-refractivity contribution >= 4 is 11.8 Å². The molecule has 6 nitrogen and oxygen atoms in total. The summed E-state index contributed by atoms with van der Waals surface area (Å²) >= 11 is 0. The molecule has 0 aliphatic rings. The lowest BCUT2D eigenvalue weighted by Gasteiger charge is -2.34. The minimum absolute atomic E-state index is 0.0152. The third-order valence-electron chi connectivity index (χ3n) is 3.41. The summed E-state index contributed by atoms with van der Waals surface area (Å²) in [5.74, 6) is -2.08. The van der Waals surface area contributed by atoms with Crippen LogP contribution in [-0.2, 0) is 9.59 Å². The van der Waals surface area contributed by atoms with Crippen molar-refractivity contribution in [2.75, 3.05) is 34.3 Å². The lowest BCUT2D eigenvalue weighted by Crippen LogP contribution is -2.55. The number of aliphatic hydroxyl groups excluding tert-OH is 1. The second-order valence-corrected chi connectivity index (χ2v) is 7.11. The van der Waals surface area contributed by atoms with E-state index in [-0.39, 0.29) is 17.6 Å². The fourth-order valence-electron chi connectivity index (χ4n) is 2.44. The first-order valence-corrected chi connectivity index (χ1v) is 8.32. The van der Waals surface area contributed by atoms with Gasteiger partial charge in [0.2, 0.25) is 0 Å². The Hall–Kier alpha value is -1.50. The second-order valence-electron chi connectivity index (χ2n) is 7.11. The Morgan fingerprint density at radius 3 is 2.25 bits per heavy atom. The zero-order chi connectivity index (χ0) is 18.6. The van der Waals surface area contributed by atoms with E-state index < -0.39 is 23.8 Å². The number of carbonyl (C=O) groups is 2. The first-order chi connectivity index (χ1) is 11.1. The average molecular weight is 341 g/mol. The monoisotopic (exact) mass is 341 g/mol. The molecule has 0 fully saturated rings. The number of carboxylic acids is 1. The Morgan fingerprint density at radius 2 is 1.71 bits per heavy atom. The number of aliphatic carboxylic acids is 1. The topological polar surface area (TPSA) is 97.7 Å². The number of likely N-dealkylation sites (N-methyl/N-ethyl adjacent to an activating group) is 1. The molecule has 0 aliphatic carbocycles. The van der Waals surface area contributed by atoms with Crippen molar-refractivity contribution < 1.29 is 29.4 Å². The molecule has 0 aromatic rings. The molecule has 0 aromatic carbocycles. The van der Waals surface area contributed by atoms with Gasteiger partial charge in [0.1, 0.15) is 6.54 Å². The first kappa shape index (κ1) is 22.5. The molecular formula is C18H31NO5. The Balaban J connectivity index is 4.52. The van der Waals surface area contributed by atoms with E-state index in [9.17, 15) is 19.8 Å².